The van der Waals surface area contributed by atoms with Crippen molar-refractivity contribution in [2.45, 2.75) is 25.3 Å². The van der Waals surface area contributed by atoms with Gasteiger partial charge < -0.3 is 10.4 Å². The van der Waals surface area contributed by atoms with E-state index in [0.29, 0.717) is 0 Å². The summed E-state index contributed by atoms with van der Waals surface area (Å²) in [6.45, 7) is 0. The number of carboxylic acid groups (broad SMARTS) is 1. The van der Waals surface area contributed by atoms with Gasteiger partial charge in [-0.2, -0.15) is 0 Å². The Morgan fingerprint density at radius 3 is 2.82 bits per heavy atom. The van der Waals surface area contributed by atoms with E-state index >= 15 is 0 Å². The van der Waals surface area contributed by atoms with Gasteiger partial charge in [0.2, 0.25) is 5.91 Å². The van der Waals surface area contributed by atoms with Gasteiger partial charge in [-0.15, -0.1) is 0 Å². The van der Waals surface area contributed by atoms with E-state index in [1.54, 1.807) is 24.5 Å². The predicted molar refractivity (Wildman–Crippen MR) is 60.1 cm³/mol. The van der Waals surface area contributed by atoms with Gasteiger partial charge in [-0.05, 0) is 24.5 Å². The lowest BCUT2D eigenvalue weighted by Gasteiger charge is -2.16. The second-order valence-corrected chi connectivity index (χ2v) is 4.22. The molecular formula is C12H14N2O3. The zero-order valence-corrected chi connectivity index (χ0v) is 9.30. The molecule has 1 saturated carbocycles. The third-order valence-electron chi connectivity index (χ3n) is 2.73. The van der Waals surface area contributed by atoms with E-state index in [1.807, 2.05) is 0 Å². The van der Waals surface area contributed by atoms with E-state index in [1.165, 1.54) is 0 Å². The van der Waals surface area contributed by atoms with Crippen molar-refractivity contribution < 1.29 is 14.7 Å². The van der Waals surface area contributed by atoms with Crippen molar-refractivity contribution in [1.29, 1.82) is 0 Å². The summed E-state index contributed by atoms with van der Waals surface area (Å²) < 4.78 is 0. The van der Waals surface area contributed by atoms with E-state index in [9.17, 15) is 9.59 Å². The summed E-state index contributed by atoms with van der Waals surface area (Å²) >= 11 is 0. The van der Waals surface area contributed by atoms with Crippen LogP contribution in [-0.4, -0.2) is 22.0 Å². The van der Waals surface area contributed by atoms with E-state index in [4.69, 9.17) is 5.11 Å². The van der Waals surface area contributed by atoms with Crippen molar-refractivity contribution in [3.05, 3.63) is 30.1 Å². The van der Waals surface area contributed by atoms with Crippen molar-refractivity contribution in [1.82, 2.24) is 10.3 Å². The predicted octanol–water partition coefficient (Wildman–Crippen LogP) is 1.12. The van der Waals surface area contributed by atoms with Crippen LogP contribution in [-0.2, 0) is 9.59 Å². The van der Waals surface area contributed by atoms with Crippen LogP contribution < -0.4 is 5.32 Å². The molecule has 5 heteroatoms. The Kier molecular flexibility index (Phi) is 3.37. The normalized spacial score (nSPS) is 16.2. The molecule has 0 aromatic carbocycles. The summed E-state index contributed by atoms with van der Waals surface area (Å²) in [6, 6.07) is 3.01. The van der Waals surface area contributed by atoms with Crippen molar-refractivity contribution in [2.24, 2.45) is 5.92 Å². The molecule has 0 spiro atoms. The first-order valence-corrected chi connectivity index (χ1v) is 5.59. The van der Waals surface area contributed by atoms with Gasteiger partial charge in [0.15, 0.2) is 0 Å². The number of carbonyl (C=O) groups excluding carboxylic acids is 1. The highest BCUT2D eigenvalue weighted by molar-refractivity contribution is 5.82. The molecule has 2 N–H and O–H groups in total. The summed E-state index contributed by atoms with van der Waals surface area (Å²) in [5.74, 6) is -0.919. The summed E-state index contributed by atoms with van der Waals surface area (Å²) in [5, 5.41) is 11.6. The van der Waals surface area contributed by atoms with Gasteiger partial charge in [0, 0.05) is 18.3 Å². The van der Waals surface area contributed by atoms with Crippen molar-refractivity contribution in [3.63, 3.8) is 0 Å². The van der Waals surface area contributed by atoms with Crippen LogP contribution in [0.3, 0.4) is 0 Å². The average molecular weight is 234 g/mol. The molecule has 0 saturated heterocycles. The molecule has 17 heavy (non-hydrogen) atoms. The minimum atomic E-state index is -0.935. The van der Waals surface area contributed by atoms with Gasteiger partial charge in [-0.3, -0.25) is 14.6 Å². The lowest BCUT2D eigenvalue weighted by atomic mass is 10.1. The molecule has 1 heterocycles. The number of hydrogen-bond acceptors (Lipinski definition) is 3. The molecule has 1 aliphatic rings. The number of carboxylic acids is 1. The number of pyridine rings is 1. The molecule has 1 amide bonds. The monoisotopic (exact) mass is 234 g/mol. The highest BCUT2D eigenvalue weighted by atomic mass is 16.4. The Balaban J connectivity index is 2.07. The zero-order valence-electron chi connectivity index (χ0n) is 9.30. The third kappa shape index (κ3) is 3.27. The number of rotatable bonds is 5. The minimum absolute atomic E-state index is 0.0555. The van der Waals surface area contributed by atoms with Crippen LogP contribution in [0.4, 0.5) is 0 Å². The fraction of sp³-hybridized carbons (Fsp3) is 0.417. The van der Waals surface area contributed by atoms with Crippen LogP contribution in [0.15, 0.2) is 24.5 Å². The van der Waals surface area contributed by atoms with Gasteiger partial charge in [0.05, 0.1) is 12.5 Å². The molecule has 0 bridgehead atoms. The molecule has 1 aromatic heterocycles. The highest BCUT2D eigenvalue weighted by Crippen LogP contribution is 2.30. The van der Waals surface area contributed by atoms with E-state index < -0.39 is 12.0 Å². The fourth-order valence-corrected chi connectivity index (χ4v) is 1.64. The number of aliphatic carboxylic acids is 1. The summed E-state index contributed by atoms with van der Waals surface area (Å²) in [5.41, 5.74) is 0.726. The first-order valence-electron chi connectivity index (χ1n) is 5.59. The van der Waals surface area contributed by atoms with E-state index in [0.717, 1.165) is 18.4 Å². The first kappa shape index (κ1) is 11.6. The van der Waals surface area contributed by atoms with Crippen LogP contribution in [0, 0.1) is 5.92 Å². The largest absolute Gasteiger partial charge is 0.481 e. The van der Waals surface area contributed by atoms with Gasteiger partial charge in [0.25, 0.3) is 0 Å². The topological polar surface area (TPSA) is 79.3 Å². The number of amides is 1. The number of hydrogen-bond donors (Lipinski definition) is 2. The van der Waals surface area contributed by atoms with Crippen LogP contribution in [0.1, 0.15) is 30.9 Å². The van der Waals surface area contributed by atoms with Gasteiger partial charge >= 0.3 is 5.97 Å². The van der Waals surface area contributed by atoms with Crippen molar-refractivity contribution in [2.75, 3.05) is 0 Å². The van der Waals surface area contributed by atoms with Crippen LogP contribution >= 0.6 is 0 Å². The Bertz CT molecular complexity index is 415. The number of aromatic nitrogens is 1. The highest BCUT2D eigenvalue weighted by Gasteiger charge is 2.31. The smallest absolute Gasteiger partial charge is 0.305 e. The number of carbonyl (C=O) groups is 2. The van der Waals surface area contributed by atoms with Gasteiger partial charge in [-0.25, -0.2) is 0 Å². The Labute approximate surface area is 98.9 Å². The van der Waals surface area contributed by atoms with E-state index in [-0.39, 0.29) is 18.2 Å². The SMILES string of the molecule is O=C(O)CC(NC(=O)C1CC1)c1cccnc1. The second-order valence-electron chi connectivity index (χ2n) is 4.22. The lowest BCUT2D eigenvalue weighted by molar-refractivity contribution is -0.137. The molecular weight excluding hydrogens is 220 g/mol. The van der Waals surface area contributed by atoms with Crippen LogP contribution in [0.2, 0.25) is 0 Å². The lowest BCUT2D eigenvalue weighted by Crippen LogP contribution is -2.31. The maximum atomic E-state index is 11.6. The second kappa shape index (κ2) is 4.95. The van der Waals surface area contributed by atoms with E-state index in [2.05, 4.69) is 10.3 Å². The Morgan fingerprint density at radius 1 is 1.53 bits per heavy atom. The molecule has 1 atom stereocenters. The number of nitrogens with zero attached hydrogens (tertiary/aromatic N) is 1. The van der Waals surface area contributed by atoms with Gasteiger partial charge in [-0.1, -0.05) is 6.07 Å². The average Bonchev–Trinajstić information content (AvgIpc) is 3.12. The maximum Gasteiger partial charge on any atom is 0.305 e. The molecule has 5 nitrogen and oxygen atoms in total. The molecule has 0 aliphatic heterocycles. The number of nitrogens with one attached hydrogen (secondary N) is 1. The fourth-order valence-electron chi connectivity index (χ4n) is 1.64. The Hall–Kier alpha value is -1.91. The molecule has 1 aliphatic carbocycles. The first-order chi connectivity index (χ1) is 8.16. The zero-order chi connectivity index (χ0) is 12.3. The molecule has 90 valence electrons. The van der Waals surface area contributed by atoms with Crippen molar-refractivity contribution in [3.8, 4) is 0 Å². The van der Waals surface area contributed by atoms with Crippen LogP contribution in [0.5, 0.6) is 0 Å². The van der Waals surface area contributed by atoms with Crippen LogP contribution in [0.25, 0.3) is 0 Å². The minimum Gasteiger partial charge on any atom is -0.481 e. The molecule has 1 unspecified atom stereocenters. The molecule has 1 aromatic rings. The van der Waals surface area contributed by atoms with Crippen molar-refractivity contribution >= 4 is 11.9 Å². The third-order valence-corrected chi connectivity index (χ3v) is 2.73. The standard InChI is InChI=1S/C12H14N2O3/c15-11(16)6-10(9-2-1-5-13-7-9)14-12(17)8-3-4-8/h1-2,5,7-8,10H,3-4,6H2,(H,14,17)(H,15,16). The summed E-state index contributed by atoms with van der Waals surface area (Å²) in [6.07, 6.45) is 4.88. The van der Waals surface area contributed by atoms with Gasteiger partial charge in [0.1, 0.15) is 0 Å². The summed E-state index contributed by atoms with van der Waals surface area (Å²) in [4.78, 5) is 26.4. The summed E-state index contributed by atoms with van der Waals surface area (Å²) in [7, 11) is 0. The quantitative estimate of drug-likeness (QED) is 0.800. The maximum absolute atomic E-state index is 11.6. The Morgan fingerprint density at radius 2 is 2.29 bits per heavy atom. The molecule has 2 rings (SSSR count). The molecule has 1 fully saturated rings. The molecule has 0 radical (unpaired) electrons.